The van der Waals surface area contributed by atoms with Crippen molar-refractivity contribution in [1.82, 2.24) is 14.9 Å². The van der Waals surface area contributed by atoms with E-state index in [9.17, 15) is 4.79 Å². The lowest BCUT2D eigenvalue weighted by atomic mass is 9.94. The van der Waals surface area contributed by atoms with Gasteiger partial charge in [-0.15, -0.1) is 0 Å². The number of nitrogens with two attached hydrogens (primary N) is 1. The lowest BCUT2D eigenvalue weighted by Gasteiger charge is -2.44. The Balaban J connectivity index is 1.59. The number of nitrogen functional groups attached to an aromatic ring is 1. The predicted molar refractivity (Wildman–Crippen MR) is 88.6 cm³/mol. The molecule has 1 amide bonds. The summed E-state index contributed by atoms with van der Waals surface area (Å²) in [6.07, 6.45) is 3.31. The predicted octanol–water partition coefficient (Wildman–Crippen LogP) is 1.23. The molecule has 24 heavy (non-hydrogen) atoms. The molecule has 126 valence electrons. The Morgan fingerprint density at radius 3 is 3.04 bits per heavy atom. The average molecular weight is 328 g/mol. The van der Waals surface area contributed by atoms with Crippen LogP contribution in [0.4, 0.5) is 5.82 Å². The first kappa shape index (κ1) is 15.3. The molecule has 7 nitrogen and oxygen atoms in total. The Morgan fingerprint density at radius 1 is 1.29 bits per heavy atom. The molecular formula is C17H20N4O3. The van der Waals surface area contributed by atoms with Crippen LogP contribution in [0.3, 0.4) is 0 Å². The molecule has 2 aliphatic rings. The van der Waals surface area contributed by atoms with Crippen molar-refractivity contribution in [1.29, 1.82) is 0 Å². The Bertz CT molecular complexity index is 768. The Morgan fingerprint density at radius 2 is 2.21 bits per heavy atom. The molecule has 1 spiro atoms. The summed E-state index contributed by atoms with van der Waals surface area (Å²) in [4.78, 5) is 22.9. The van der Waals surface area contributed by atoms with Crippen molar-refractivity contribution in [2.24, 2.45) is 0 Å². The molecule has 0 radical (unpaired) electrons. The molecular weight excluding hydrogens is 308 g/mol. The second-order valence-electron chi connectivity index (χ2n) is 6.41. The molecule has 1 aromatic heterocycles. The van der Waals surface area contributed by atoms with Crippen molar-refractivity contribution in [3.63, 3.8) is 0 Å². The van der Waals surface area contributed by atoms with Gasteiger partial charge in [0.15, 0.2) is 0 Å². The minimum absolute atomic E-state index is 0.0117. The van der Waals surface area contributed by atoms with Crippen molar-refractivity contribution >= 4 is 22.6 Å². The van der Waals surface area contributed by atoms with Crippen LogP contribution in [0.1, 0.15) is 23.2 Å². The van der Waals surface area contributed by atoms with Crippen LogP contribution in [0.25, 0.3) is 10.9 Å². The Hall–Kier alpha value is -2.25. The zero-order chi connectivity index (χ0) is 16.6. The highest BCUT2D eigenvalue weighted by atomic mass is 16.5. The summed E-state index contributed by atoms with van der Waals surface area (Å²) in [6, 6.07) is 5.36. The number of ether oxygens (including phenoxy) is 2. The molecule has 4 rings (SSSR count). The maximum Gasteiger partial charge on any atom is 0.254 e. The van der Waals surface area contributed by atoms with Gasteiger partial charge in [0.1, 0.15) is 17.7 Å². The summed E-state index contributed by atoms with van der Waals surface area (Å²) in [5, 5.41) is 0.758. The number of fused-ring (bicyclic) bond motifs is 1. The number of hydrogen-bond acceptors (Lipinski definition) is 6. The summed E-state index contributed by atoms with van der Waals surface area (Å²) in [6.45, 7) is 3.02. The quantitative estimate of drug-likeness (QED) is 0.847. The molecule has 2 fully saturated rings. The van der Waals surface area contributed by atoms with E-state index in [0.717, 1.165) is 24.8 Å². The van der Waals surface area contributed by atoms with E-state index in [1.54, 1.807) is 18.2 Å². The molecule has 1 atom stereocenters. The molecule has 3 heterocycles. The first-order valence-corrected chi connectivity index (χ1v) is 8.18. The first-order chi connectivity index (χ1) is 11.7. The third kappa shape index (κ3) is 2.70. The van der Waals surface area contributed by atoms with Gasteiger partial charge in [-0.25, -0.2) is 9.97 Å². The van der Waals surface area contributed by atoms with Gasteiger partial charge >= 0.3 is 0 Å². The van der Waals surface area contributed by atoms with Gasteiger partial charge in [0.2, 0.25) is 0 Å². The highest BCUT2D eigenvalue weighted by molar-refractivity contribution is 5.99. The highest BCUT2D eigenvalue weighted by Crippen LogP contribution is 2.28. The van der Waals surface area contributed by atoms with E-state index >= 15 is 0 Å². The van der Waals surface area contributed by atoms with Gasteiger partial charge in [-0.3, -0.25) is 4.79 Å². The van der Waals surface area contributed by atoms with Crippen LogP contribution in [-0.2, 0) is 9.47 Å². The molecule has 0 aliphatic carbocycles. The molecule has 1 unspecified atom stereocenters. The molecule has 2 saturated heterocycles. The van der Waals surface area contributed by atoms with Crippen LogP contribution in [0.15, 0.2) is 24.5 Å². The van der Waals surface area contributed by atoms with Crippen molar-refractivity contribution < 1.29 is 14.3 Å². The van der Waals surface area contributed by atoms with Gasteiger partial charge in [-0.05, 0) is 31.0 Å². The first-order valence-electron chi connectivity index (χ1n) is 8.18. The van der Waals surface area contributed by atoms with Crippen molar-refractivity contribution in [3.8, 4) is 0 Å². The van der Waals surface area contributed by atoms with Crippen molar-refractivity contribution in [2.45, 2.75) is 18.4 Å². The number of morpholine rings is 1. The molecule has 7 heteroatoms. The van der Waals surface area contributed by atoms with Gasteiger partial charge < -0.3 is 20.1 Å². The maximum atomic E-state index is 12.9. The van der Waals surface area contributed by atoms with Crippen LogP contribution in [-0.4, -0.2) is 59.3 Å². The monoisotopic (exact) mass is 328 g/mol. The van der Waals surface area contributed by atoms with E-state index in [-0.39, 0.29) is 11.5 Å². The van der Waals surface area contributed by atoms with E-state index in [0.29, 0.717) is 43.2 Å². The molecule has 2 aromatic rings. The van der Waals surface area contributed by atoms with Gasteiger partial charge in [0.05, 0.1) is 25.3 Å². The van der Waals surface area contributed by atoms with Gasteiger partial charge in [0.25, 0.3) is 5.91 Å². The van der Waals surface area contributed by atoms with Crippen LogP contribution < -0.4 is 5.73 Å². The number of carbonyl (C=O) groups is 1. The second kappa shape index (κ2) is 5.99. The largest absolute Gasteiger partial charge is 0.383 e. The van der Waals surface area contributed by atoms with Crippen LogP contribution >= 0.6 is 0 Å². The fraction of sp³-hybridized carbons (Fsp3) is 0.471. The normalized spacial score (nSPS) is 24.4. The number of rotatable bonds is 1. The summed E-state index contributed by atoms with van der Waals surface area (Å²) >= 11 is 0. The van der Waals surface area contributed by atoms with E-state index in [2.05, 4.69) is 9.97 Å². The lowest BCUT2D eigenvalue weighted by molar-refractivity contribution is -0.160. The van der Waals surface area contributed by atoms with E-state index in [1.807, 2.05) is 4.90 Å². The molecule has 2 N–H and O–H groups in total. The number of benzene rings is 1. The number of carbonyl (C=O) groups excluding carboxylic acids is 1. The highest BCUT2D eigenvalue weighted by Gasteiger charge is 2.40. The SMILES string of the molecule is Nc1ncnc2cc(C(=O)N3CCOC4(CCCOC4)C3)ccc12. The number of amides is 1. The van der Waals surface area contributed by atoms with Crippen molar-refractivity contribution in [3.05, 3.63) is 30.1 Å². The molecule has 0 bridgehead atoms. The average Bonchev–Trinajstić information content (AvgIpc) is 2.62. The number of anilines is 1. The van der Waals surface area contributed by atoms with E-state index in [1.165, 1.54) is 6.33 Å². The third-order valence-electron chi connectivity index (χ3n) is 4.74. The number of aromatic nitrogens is 2. The summed E-state index contributed by atoms with van der Waals surface area (Å²) in [5.74, 6) is 0.408. The van der Waals surface area contributed by atoms with Gasteiger partial charge in [-0.1, -0.05) is 0 Å². The van der Waals surface area contributed by atoms with E-state index in [4.69, 9.17) is 15.2 Å². The third-order valence-corrected chi connectivity index (χ3v) is 4.74. The Kier molecular flexibility index (Phi) is 3.82. The zero-order valence-corrected chi connectivity index (χ0v) is 13.4. The second-order valence-corrected chi connectivity index (χ2v) is 6.41. The Labute approximate surface area is 139 Å². The summed E-state index contributed by atoms with van der Waals surface area (Å²) < 4.78 is 11.5. The van der Waals surface area contributed by atoms with Crippen molar-refractivity contribution in [2.75, 3.05) is 38.6 Å². The minimum atomic E-state index is -0.352. The van der Waals surface area contributed by atoms with Crippen LogP contribution in [0, 0.1) is 0 Å². The fourth-order valence-corrected chi connectivity index (χ4v) is 3.48. The fourth-order valence-electron chi connectivity index (χ4n) is 3.48. The van der Waals surface area contributed by atoms with Crippen LogP contribution in [0.5, 0.6) is 0 Å². The molecule has 0 saturated carbocycles. The van der Waals surface area contributed by atoms with Gasteiger partial charge in [0, 0.05) is 24.1 Å². The smallest absolute Gasteiger partial charge is 0.254 e. The topological polar surface area (TPSA) is 90.6 Å². The number of nitrogens with zero attached hydrogens (tertiary/aromatic N) is 3. The van der Waals surface area contributed by atoms with Crippen LogP contribution in [0.2, 0.25) is 0 Å². The van der Waals surface area contributed by atoms with Gasteiger partial charge in [-0.2, -0.15) is 0 Å². The maximum absolute atomic E-state index is 12.9. The molecule has 1 aromatic carbocycles. The molecule has 2 aliphatic heterocycles. The summed E-state index contributed by atoms with van der Waals surface area (Å²) in [5.41, 5.74) is 6.77. The lowest BCUT2D eigenvalue weighted by Crippen LogP contribution is -2.57. The number of hydrogen-bond donors (Lipinski definition) is 1. The van der Waals surface area contributed by atoms with E-state index < -0.39 is 0 Å². The standard InChI is InChI=1S/C17H20N4O3/c18-15-13-3-2-12(8-14(13)19-11-20-15)16(22)21-5-7-24-17(9-21)4-1-6-23-10-17/h2-3,8,11H,1,4-7,9-10H2,(H2,18,19,20). The summed E-state index contributed by atoms with van der Waals surface area (Å²) in [7, 11) is 0. The minimum Gasteiger partial charge on any atom is -0.383 e. The zero-order valence-electron chi connectivity index (χ0n) is 13.4.